The summed E-state index contributed by atoms with van der Waals surface area (Å²) < 4.78 is 19.4. The van der Waals surface area contributed by atoms with Crippen LogP contribution in [0.15, 0.2) is 24.3 Å². The molecule has 1 heterocycles. The zero-order valence-corrected chi connectivity index (χ0v) is 13.9. The molecule has 2 amide bonds. The number of alkyl carbamates (subject to hydrolysis) is 1. The molecule has 0 aromatic heterocycles. The summed E-state index contributed by atoms with van der Waals surface area (Å²) in [5, 5.41) is 2.77. The van der Waals surface area contributed by atoms with Gasteiger partial charge in [-0.15, -0.1) is 0 Å². The van der Waals surface area contributed by atoms with Gasteiger partial charge in [-0.1, -0.05) is 18.2 Å². The van der Waals surface area contributed by atoms with Crippen molar-refractivity contribution in [3.8, 4) is 0 Å². The Labute approximate surface area is 135 Å². The van der Waals surface area contributed by atoms with E-state index in [0.29, 0.717) is 18.7 Å². The maximum absolute atomic E-state index is 14.1. The highest BCUT2D eigenvalue weighted by molar-refractivity contribution is 5.74. The molecule has 1 aliphatic rings. The predicted molar refractivity (Wildman–Crippen MR) is 84.6 cm³/mol. The van der Waals surface area contributed by atoms with Gasteiger partial charge in [0.25, 0.3) is 0 Å². The molecule has 0 unspecified atom stereocenters. The summed E-state index contributed by atoms with van der Waals surface area (Å²) in [5.74, 6) is -0.730. The van der Waals surface area contributed by atoms with Gasteiger partial charge in [0, 0.05) is 25.9 Å². The molecule has 2 rings (SSSR count). The second kappa shape index (κ2) is 6.56. The molecule has 0 spiro atoms. The summed E-state index contributed by atoms with van der Waals surface area (Å²) in [6.07, 6.45) is -0.561. The standard InChI is InChI=1S/C17H23FN2O3/c1-11(21)20-9-13(12-7-5-6-8-14(12)18)15(10-20)19-16(22)23-17(2,3)4/h5-8,13,15H,9-10H2,1-4H3,(H,19,22)/t13-,15+/m0/s1. The molecule has 0 saturated carbocycles. The van der Waals surface area contributed by atoms with Crippen molar-refractivity contribution in [2.45, 2.75) is 45.3 Å². The number of halogens is 1. The van der Waals surface area contributed by atoms with Gasteiger partial charge in [-0.2, -0.15) is 0 Å². The second-order valence-corrected chi connectivity index (χ2v) is 6.80. The van der Waals surface area contributed by atoms with Crippen molar-refractivity contribution >= 4 is 12.0 Å². The quantitative estimate of drug-likeness (QED) is 0.911. The lowest BCUT2D eigenvalue weighted by Gasteiger charge is -2.24. The molecule has 126 valence electrons. The van der Waals surface area contributed by atoms with E-state index in [9.17, 15) is 14.0 Å². The number of rotatable bonds is 2. The largest absolute Gasteiger partial charge is 0.444 e. The number of carbonyl (C=O) groups is 2. The number of amides is 2. The molecule has 23 heavy (non-hydrogen) atoms. The molecule has 0 aliphatic carbocycles. The highest BCUT2D eigenvalue weighted by atomic mass is 19.1. The lowest BCUT2D eigenvalue weighted by atomic mass is 9.94. The zero-order valence-electron chi connectivity index (χ0n) is 13.9. The highest BCUT2D eigenvalue weighted by Gasteiger charge is 2.38. The molecule has 1 saturated heterocycles. The molecule has 1 N–H and O–H groups in total. The van der Waals surface area contributed by atoms with Gasteiger partial charge in [0.05, 0.1) is 6.04 Å². The van der Waals surface area contributed by atoms with Gasteiger partial charge in [-0.05, 0) is 32.4 Å². The Kier molecular flexibility index (Phi) is 4.92. The number of hydrogen-bond acceptors (Lipinski definition) is 3. The molecule has 5 nitrogen and oxygen atoms in total. The fraction of sp³-hybridized carbons (Fsp3) is 0.529. The molecule has 1 fully saturated rings. The van der Waals surface area contributed by atoms with Crippen molar-refractivity contribution in [1.29, 1.82) is 0 Å². The highest BCUT2D eigenvalue weighted by Crippen LogP contribution is 2.29. The Morgan fingerprint density at radius 2 is 1.91 bits per heavy atom. The monoisotopic (exact) mass is 322 g/mol. The minimum atomic E-state index is -0.615. The van der Waals surface area contributed by atoms with Gasteiger partial charge in [0.1, 0.15) is 11.4 Å². The van der Waals surface area contributed by atoms with Gasteiger partial charge in [0.15, 0.2) is 0 Å². The predicted octanol–water partition coefficient (Wildman–Crippen LogP) is 2.66. The third-order valence-corrected chi connectivity index (χ3v) is 3.77. The fourth-order valence-corrected chi connectivity index (χ4v) is 2.76. The number of hydrogen-bond donors (Lipinski definition) is 1. The normalized spacial score (nSPS) is 21.2. The van der Waals surface area contributed by atoms with E-state index in [2.05, 4.69) is 5.32 Å². The molecule has 1 aliphatic heterocycles. The minimum Gasteiger partial charge on any atom is -0.444 e. The van der Waals surface area contributed by atoms with E-state index in [1.54, 1.807) is 43.9 Å². The first-order valence-electron chi connectivity index (χ1n) is 7.67. The first-order chi connectivity index (χ1) is 10.7. The Hall–Kier alpha value is -2.11. The van der Waals surface area contributed by atoms with E-state index in [0.717, 1.165) is 0 Å². The van der Waals surface area contributed by atoms with E-state index < -0.39 is 11.7 Å². The number of carbonyl (C=O) groups excluding carboxylic acids is 2. The van der Waals surface area contributed by atoms with Crippen LogP contribution in [0.5, 0.6) is 0 Å². The molecule has 2 atom stereocenters. The average Bonchev–Trinajstić information content (AvgIpc) is 2.81. The maximum atomic E-state index is 14.1. The van der Waals surface area contributed by atoms with Crippen LogP contribution in [0.3, 0.4) is 0 Å². The van der Waals surface area contributed by atoms with Gasteiger partial charge in [-0.3, -0.25) is 4.79 Å². The number of benzene rings is 1. The van der Waals surface area contributed by atoms with Crippen LogP contribution in [0.25, 0.3) is 0 Å². The topological polar surface area (TPSA) is 58.6 Å². The van der Waals surface area contributed by atoms with Crippen molar-refractivity contribution in [2.24, 2.45) is 0 Å². The van der Waals surface area contributed by atoms with Crippen LogP contribution in [-0.2, 0) is 9.53 Å². The third-order valence-electron chi connectivity index (χ3n) is 3.77. The lowest BCUT2D eigenvalue weighted by molar-refractivity contribution is -0.127. The first-order valence-corrected chi connectivity index (χ1v) is 7.67. The summed E-state index contributed by atoms with van der Waals surface area (Å²) in [4.78, 5) is 25.3. The Morgan fingerprint density at radius 1 is 1.26 bits per heavy atom. The third kappa shape index (κ3) is 4.43. The van der Waals surface area contributed by atoms with Gasteiger partial charge in [0.2, 0.25) is 5.91 Å². The van der Waals surface area contributed by atoms with Gasteiger partial charge in [-0.25, -0.2) is 9.18 Å². The van der Waals surface area contributed by atoms with Crippen LogP contribution in [-0.4, -0.2) is 41.6 Å². The number of nitrogens with zero attached hydrogens (tertiary/aromatic N) is 1. The maximum Gasteiger partial charge on any atom is 0.407 e. The van der Waals surface area contributed by atoms with Crippen molar-refractivity contribution in [1.82, 2.24) is 10.2 Å². The number of likely N-dealkylation sites (tertiary alicyclic amines) is 1. The van der Waals surface area contributed by atoms with Crippen LogP contribution in [0, 0.1) is 5.82 Å². The molecule has 0 bridgehead atoms. The smallest absolute Gasteiger partial charge is 0.407 e. The number of ether oxygens (including phenoxy) is 1. The second-order valence-electron chi connectivity index (χ2n) is 6.80. The van der Waals surface area contributed by atoms with Crippen LogP contribution in [0.4, 0.5) is 9.18 Å². The Bertz CT molecular complexity index is 598. The average molecular weight is 322 g/mol. The fourth-order valence-electron chi connectivity index (χ4n) is 2.76. The molecular formula is C17H23FN2O3. The zero-order chi connectivity index (χ0) is 17.2. The molecule has 1 aromatic carbocycles. The lowest BCUT2D eigenvalue weighted by Crippen LogP contribution is -2.43. The van der Waals surface area contributed by atoms with Crippen LogP contribution in [0.2, 0.25) is 0 Å². The van der Waals surface area contributed by atoms with Crippen LogP contribution < -0.4 is 5.32 Å². The van der Waals surface area contributed by atoms with Gasteiger partial charge < -0.3 is 15.0 Å². The first kappa shape index (κ1) is 17.2. The van der Waals surface area contributed by atoms with Crippen molar-refractivity contribution in [3.05, 3.63) is 35.6 Å². The summed E-state index contributed by atoms with van der Waals surface area (Å²) in [6.45, 7) is 7.50. The van der Waals surface area contributed by atoms with E-state index >= 15 is 0 Å². The Balaban J connectivity index is 2.19. The summed E-state index contributed by atoms with van der Waals surface area (Å²) in [6, 6.07) is 6.06. The van der Waals surface area contributed by atoms with E-state index in [1.165, 1.54) is 13.0 Å². The summed E-state index contributed by atoms with van der Waals surface area (Å²) in [5.41, 5.74) is -0.117. The molecule has 1 aromatic rings. The van der Waals surface area contributed by atoms with Crippen LogP contribution in [0.1, 0.15) is 39.2 Å². The molecule has 0 radical (unpaired) electrons. The molecular weight excluding hydrogens is 299 g/mol. The van der Waals surface area contributed by atoms with E-state index in [-0.39, 0.29) is 23.7 Å². The molecule has 6 heteroatoms. The van der Waals surface area contributed by atoms with Crippen LogP contribution >= 0.6 is 0 Å². The van der Waals surface area contributed by atoms with E-state index in [4.69, 9.17) is 4.74 Å². The van der Waals surface area contributed by atoms with E-state index in [1.807, 2.05) is 0 Å². The minimum absolute atomic E-state index is 0.0974. The SMILES string of the molecule is CC(=O)N1C[C@@H](NC(=O)OC(C)(C)C)[C@H](c2ccccc2F)C1. The Morgan fingerprint density at radius 3 is 2.48 bits per heavy atom. The van der Waals surface area contributed by atoms with Crippen molar-refractivity contribution in [2.75, 3.05) is 13.1 Å². The van der Waals surface area contributed by atoms with Gasteiger partial charge >= 0.3 is 6.09 Å². The van der Waals surface area contributed by atoms with Crippen molar-refractivity contribution in [3.63, 3.8) is 0 Å². The summed E-state index contributed by atoms with van der Waals surface area (Å²) in [7, 11) is 0. The van der Waals surface area contributed by atoms with Crippen molar-refractivity contribution < 1.29 is 18.7 Å². The number of nitrogens with one attached hydrogen (secondary N) is 1. The summed E-state index contributed by atoms with van der Waals surface area (Å²) >= 11 is 0.